The molecule has 0 bridgehead atoms. The minimum Gasteiger partial charge on any atom is -0.220 e. The van der Waals surface area contributed by atoms with Crippen LogP contribution < -0.4 is 0 Å². The van der Waals surface area contributed by atoms with Gasteiger partial charge in [-0.05, 0) is 59.3 Å². The number of hydrogen-bond acceptors (Lipinski definition) is 4. The summed E-state index contributed by atoms with van der Waals surface area (Å²) >= 11 is 9.44. The first-order valence-electron chi connectivity index (χ1n) is 6.37. The Labute approximate surface area is 161 Å². The zero-order valence-electron chi connectivity index (χ0n) is 11.7. The molecule has 2 nitrogen and oxygen atoms in total. The van der Waals surface area contributed by atoms with E-state index in [-0.39, 0.29) is 0 Å². The molecule has 0 aliphatic rings. The van der Waals surface area contributed by atoms with Gasteiger partial charge in [0.25, 0.3) is 0 Å². The first kappa shape index (κ1) is 18.9. The maximum absolute atomic E-state index is 11.9. The van der Waals surface area contributed by atoms with Crippen molar-refractivity contribution in [3.63, 3.8) is 0 Å². The van der Waals surface area contributed by atoms with Crippen molar-refractivity contribution in [1.82, 2.24) is 0 Å². The Morgan fingerprint density at radius 2 is 1.04 bits per heavy atom. The second kappa shape index (κ2) is 9.13. The molecule has 0 spiro atoms. The first-order valence-corrected chi connectivity index (χ1v) is 11.3. The van der Waals surface area contributed by atoms with Gasteiger partial charge < -0.3 is 0 Å². The maximum Gasteiger partial charge on any atom is 0.194 e. The Bertz CT molecular complexity index is 733. The van der Waals surface area contributed by atoms with Gasteiger partial charge in [0.1, 0.15) is 0 Å². The summed E-state index contributed by atoms with van der Waals surface area (Å²) in [5.74, 6) is 0. The third kappa shape index (κ3) is 7.30. The van der Waals surface area contributed by atoms with E-state index in [1.165, 1.54) is 34.3 Å². The fraction of sp³-hybridized carbons (Fsp3) is 0. The van der Waals surface area contributed by atoms with Crippen LogP contribution in [0.4, 0.5) is 0 Å². The first-order chi connectivity index (χ1) is 10.9. The van der Waals surface area contributed by atoms with Crippen molar-refractivity contribution in [3.8, 4) is 0 Å². The van der Waals surface area contributed by atoms with Crippen LogP contribution >= 0.6 is 55.4 Å². The van der Waals surface area contributed by atoms with E-state index >= 15 is 0 Å². The molecule has 2 aromatic carbocycles. The van der Waals surface area contributed by atoms with Gasteiger partial charge in [0.05, 0.1) is 0 Å². The topological polar surface area (TPSA) is 34.1 Å². The van der Waals surface area contributed by atoms with Crippen LogP contribution in [-0.4, -0.2) is 8.42 Å². The summed E-state index contributed by atoms with van der Waals surface area (Å²) in [6.45, 7) is 0. The molecule has 2 aromatic rings. The number of sulfone groups is 1. The van der Waals surface area contributed by atoms with E-state index in [0.29, 0.717) is 0 Å². The van der Waals surface area contributed by atoms with E-state index in [1.54, 1.807) is 10.8 Å². The number of hydrogen-bond donors (Lipinski definition) is 0. The second-order valence-electron chi connectivity index (χ2n) is 4.28. The Kier molecular flexibility index (Phi) is 7.49. The highest BCUT2D eigenvalue weighted by Gasteiger charge is 2.00. The van der Waals surface area contributed by atoms with E-state index in [2.05, 4.69) is 31.9 Å². The molecule has 0 amide bonds. The van der Waals surface area contributed by atoms with Crippen molar-refractivity contribution >= 4 is 65.2 Å². The molecule has 2 rings (SSSR count). The minimum absolute atomic E-state index is 0.980. The van der Waals surface area contributed by atoms with Gasteiger partial charge in [0.2, 0.25) is 0 Å². The van der Waals surface area contributed by atoms with Gasteiger partial charge in [-0.2, -0.15) is 0 Å². The standard InChI is InChI=1S/C16H12Br2O2S3/c17-13-1-5-15(6-2-13)21-9-11-23(19,20)12-10-22-16-7-3-14(18)4-8-16/h1-12H. The smallest absolute Gasteiger partial charge is 0.194 e. The predicted octanol–water partition coefficient (Wildman–Crippen LogP) is 6.45. The fourth-order valence-corrected chi connectivity index (χ4v) is 4.64. The van der Waals surface area contributed by atoms with Crippen molar-refractivity contribution in [1.29, 1.82) is 0 Å². The Hall–Kier alpha value is -0.470. The highest BCUT2D eigenvalue weighted by Crippen LogP contribution is 2.23. The predicted molar refractivity (Wildman–Crippen MR) is 107 cm³/mol. The van der Waals surface area contributed by atoms with Gasteiger partial charge in [0.15, 0.2) is 9.84 Å². The molecule has 0 saturated carbocycles. The van der Waals surface area contributed by atoms with Crippen molar-refractivity contribution in [3.05, 3.63) is 79.1 Å². The highest BCUT2D eigenvalue weighted by atomic mass is 79.9. The molecule has 0 heterocycles. The summed E-state index contributed by atoms with van der Waals surface area (Å²) < 4.78 is 25.8. The van der Waals surface area contributed by atoms with Crippen molar-refractivity contribution in [2.24, 2.45) is 0 Å². The van der Waals surface area contributed by atoms with Crippen molar-refractivity contribution in [2.45, 2.75) is 9.79 Å². The van der Waals surface area contributed by atoms with Crippen LogP contribution in [0.2, 0.25) is 0 Å². The van der Waals surface area contributed by atoms with Crippen LogP contribution in [0.3, 0.4) is 0 Å². The Balaban J connectivity index is 1.90. The lowest BCUT2D eigenvalue weighted by molar-refractivity contribution is 0.612. The van der Waals surface area contributed by atoms with E-state index in [4.69, 9.17) is 0 Å². The molecule has 0 saturated heterocycles. The quantitative estimate of drug-likeness (QED) is 0.434. The molecular formula is C16H12Br2O2S3. The fourth-order valence-electron chi connectivity index (χ4n) is 1.44. The van der Waals surface area contributed by atoms with Crippen LogP contribution in [-0.2, 0) is 9.84 Å². The molecule has 0 aliphatic carbocycles. The van der Waals surface area contributed by atoms with E-state index < -0.39 is 9.84 Å². The summed E-state index contributed by atoms with van der Waals surface area (Å²) in [7, 11) is -3.36. The van der Waals surface area contributed by atoms with Gasteiger partial charge in [-0.3, -0.25) is 0 Å². The van der Waals surface area contributed by atoms with Gasteiger partial charge in [-0.15, -0.1) is 0 Å². The molecule has 0 aromatic heterocycles. The summed E-state index contributed by atoms with van der Waals surface area (Å²) in [4.78, 5) is 1.96. The second-order valence-corrected chi connectivity index (χ2v) is 9.79. The molecule has 0 N–H and O–H groups in total. The van der Waals surface area contributed by atoms with Crippen molar-refractivity contribution < 1.29 is 8.42 Å². The Morgan fingerprint density at radius 3 is 1.39 bits per heavy atom. The van der Waals surface area contributed by atoms with Gasteiger partial charge in [-0.1, -0.05) is 55.4 Å². The lowest BCUT2D eigenvalue weighted by Crippen LogP contribution is -1.86. The average molecular weight is 492 g/mol. The average Bonchev–Trinajstić information content (AvgIpc) is 2.51. The lowest BCUT2D eigenvalue weighted by Gasteiger charge is -1.96. The summed E-state index contributed by atoms with van der Waals surface area (Å²) in [6, 6.07) is 15.4. The third-order valence-electron chi connectivity index (χ3n) is 2.53. The summed E-state index contributed by atoms with van der Waals surface area (Å²) in [6.07, 6.45) is 0. The maximum atomic E-state index is 11.9. The van der Waals surface area contributed by atoms with Gasteiger partial charge in [0, 0.05) is 29.6 Å². The minimum atomic E-state index is -3.36. The molecule has 0 fully saturated rings. The van der Waals surface area contributed by atoms with Gasteiger partial charge in [-0.25, -0.2) is 8.42 Å². The largest absolute Gasteiger partial charge is 0.220 e. The number of halogens is 2. The summed E-state index contributed by atoms with van der Waals surface area (Å²) in [5, 5.41) is 5.57. The molecule has 7 heteroatoms. The number of rotatable bonds is 6. The van der Waals surface area contributed by atoms with Gasteiger partial charge >= 0.3 is 0 Å². The molecule has 0 atom stereocenters. The van der Waals surface area contributed by atoms with E-state index in [0.717, 1.165) is 18.7 Å². The normalized spacial score (nSPS) is 12.3. The van der Waals surface area contributed by atoms with Crippen LogP contribution in [0.1, 0.15) is 0 Å². The van der Waals surface area contributed by atoms with Crippen molar-refractivity contribution in [2.75, 3.05) is 0 Å². The number of benzene rings is 2. The molecule has 120 valence electrons. The Morgan fingerprint density at radius 1 is 0.696 bits per heavy atom. The van der Waals surface area contributed by atoms with Crippen LogP contribution in [0.15, 0.2) is 88.9 Å². The zero-order valence-corrected chi connectivity index (χ0v) is 17.3. The zero-order chi connectivity index (χ0) is 16.7. The van der Waals surface area contributed by atoms with Crippen LogP contribution in [0, 0.1) is 0 Å². The SMILES string of the molecule is O=S(=O)(C=CSc1ccc(Br)cc1)C=CSc1ccc(Br)cc1. The monoisotopic (exact) mass is 490 g/mol. The molecular weight excluding hydrogens is 480 g/mol. The van der Waals surface area contributed by atoms with E-state index in [9.17, 15) is 8.42 Å². The third-order valence-corrected chi connectivity index (χ3v) is 6.59. The van der Waals surface area contributed by atoms with E-state index in [1.807, 2.05) is 48.5 Å². The van der Waals surface area contributed by atoms with Crippen LogP contribution in [0.25, 0.3) is 0 Å². The van der Waals surface area contributed by atoms with Crippen LogP contribution in [0.5, 0.6) is 0 Å². The lowest BCUT2D eigenvalue weighted by atomic mass is 10.4. The highest BCUT2D eigenvalue weighted by molar-refractivity contribution is 9.10. The molecule has 23 heavy (non-hydrogen) atoms. The number of thioether (sulfide) groups is 2. The molecule has 0 aliphatic heterocycles. The molecule has 0 unspecified atom stereocenters. The summed E-state index contributed by atoms with van der Waals surface area (Å²) in [5.41, 5.74) is 0. The molecule has 0 radical (unpaired) electrons.